The number of aromatic nitrogens is 1. The van der Waals surface area contributed by atoms with Crippen molar-refractivity contribution >= 4 is 10.0 Å². The largest absolute Gasteiger partial charge is 0.356 e. The van der Waals surface area contributed by atoms with Crippen molar-refractivity contribution in [3.63, 3.8) is 0 Å². The van der Waals surface area contributed by atoms with Crippen LogP contribution in [0.5, 0.6) is 0 Å². The SMILES string of the molecule is Cc1cc(-c2ccc(S(=O)(=O)N3CCCCCC3)c(C)c2)on1. The monoisotopic (exact) mass is 334 g/mol. The number of sulfonamides is 1. The molecule has 1 aliphatic heterocycles. The predicted molar refractivity (Wildman–Crippen MR) is 88.6 cm³/mol. The van der Waals surface area contributed by atoms with E-state index in [9.17, 15) is 8.42 Å². The van der Waals surface area contributed by atoms with Gasteiger partial charge in [-0.15, -0.1) is 0 Å². The maximum atomic E-state index is 12.9. The number of benzene rings is 1. The first-order chi connectivity index (χ1) is 11.0. The van der Waals surface area contributed by atoms with Gasteiger partial charge in [-0.3, -0.25) is 0 Å². The average molecular weight is 334 g/mol. The van der Waals surface area contributed by atoms with Crippen molar-refractivity contribution in [1.82, 2.24) is 9.46 Å². The van der Waals surface area contributed by atoms with E-state index in [1.54, 1.807) is 16.4 Å². The molecule has 2 heterocycles. The highest BCUT2D eigenvalue weighted by atomic mass is 32.2. The lowest BCUT2D eigenvalue weighted by Gasteiger charge is -2.21. The Morgan fingerprint density at radius 2 is 1.74 bits per heavy atom. The molecule has 0 bridgehead atoms. The van der Waals surface area contributed by atoms with E-state index in [0.717, 1.165) is 42.5 Å². The Hall–Kier alpha value is -1.66. The lowest BCUT2D eigenvalue weighted by molar-refractivity contribution is 0.423. The van der Waals surface area contributed by atoms with E-state index >= 15 is 0 Å². The number of nitrogens with zero attached hydrogens (tertiary/aromatic N) is 2. The van der Waals surface area contributed by atoms with E-state index in [2.05, 4.69) is 5.16 Å². The summed E-state index contributed by atoms with van der Waals surface area (Å²) >= 11 is 0. The third-order valence-electron chi connectivity index (χ3n) is 4.27. The third-order valence-corrected chi connectivity index (χ3v) is 6.33. The van der Waals surface area contributed by atoms with Gasteiger partial charge >= 0.3 is 0 Å². The van der Waals surface area contributed by atoms with E-state index in [1.165, 1.54) is 0 Å². The van der Waals surface area contributed by atoms with E-state index in [4.69, 9.17) is 4.52 Å². The second-order valence-corrected chi connectivity index (χ2v) is 8.04. The molecule has 0 atom stereocenters. The molecule has 1 aromatic heterocycles. The van der Waals surface area contributed by atoms with Crippen molar-refractivity contribution < 1.29 is 12.9 Å². The summed E-state index contributed by atoms with van der Waals surface area (Å²) in [5.41, 5.74) is 2.39. The molecule has 0 unspecified atom stereocenters. The van der Waals surface area contributed by atoms with Crippen LogP contribution in [0.2, 0.25) is 0 Å². The highest BCUT2D eigenvalue weighted by Gasteiger charge is 2.26. The van der Waals surface area contributed by atoms with Crippen LogP contribution in [0.1, 0.15) is 36.9 Å². The number of hydrogen-bond donors (Lipinski definition) is 0. The van der Waals surface area contributed by atoms with Crippen LogP contribution in [0.15, 0.2) is 33.7 Å². The molecule has 124 valence electrons. The highest BCUT2D eigenvalue weighted by molar-refractivity contribution is 7.89. The molecule has 1 fully saturated rings. The van der Waals surface area contributed by atoms with Crippen molar-refractivity contribution in [3.05, 3.63) is 35.5 Å². The Morgan fingerprint density at radius 3 is 2.30 bits per heavy atom. The minimum Gasteiger partial charge on any atom is -0.356 e. The van der Waals surface area contributed by atoms with Crippen LogP contribution in [0.25, 0.3) is 11.3 Å². The van der Waals surface area contributed by atoms with E-state index < -0.39 is 10.0 Å². The molecular formula is C17H22N2O3S. The molecule has 0 spiro atoms. The van der Waals surface area contributed by atoms with Crippen molar-refractivity contribution in [3.8, 4) is 11.3 Å². The van der Waals surface area contributed by atoms with Gasteiger partial charge in [0, 0.05) is 24.7 Å². The molecule has 0 aliphatic carbocycles. The van der Waals surface area contributed by atoms with Crippen molar-refractivity contribution in [2.24, 2.45) is 0 Å². The Morgan fingerprint density at radius 1 is 1.04 bits per heavy atom. The summed E-state index contributed by atoms with van der Waals surface area (Å²) in [4.78, 5) is 0.388. The maximum absolute atomic E-state index is 12.9. The zero-order valence-electron chi connectivity index (χ0n) is 13.6. The second kappa shape index (κ2) is 6.45. The lowest BCUT2D eigenvalue weighted by atomic mass is 10.1. The van der Waals surface area contributed by atoms with E-state index in [0.29, 0.717) is 23.7 Å². The molecule has 0 radical (unpaired) electrons. The summed E-state index contributed by atoms with van der Waals surface area (Å²) in [6.07, 6.45) is 4.09. The highest BCUT2D eigenvalue weighted by Crippen LogP contribution is 2.28. The molecule has 2 aromatic rings. The minimum atomic E-state index is -3.42. The standard InChI is InChI=1S/C17H22N2O3S/c1-13-11-15(16-12-14(2)18-22-16)7-8-17(13)23(20,21)19-9-5-3-4-6-10-19/h7-8,11-12H,3-6,9-10H2,1-2H3. The molecular weight excluding hydrogens is 312 g/mol. The zero-order chi connectivity index (χ0) is 16.4. The average Bonchev–Trinajstić information content (AvgIpc) is 2.77. The summed E-state index contributed by atoms with van der Waals surface area (Å²) in [7, 11) is -3.42. The summed E-state index contributed by atoms with van der Waals surface area (Å²) in [6.45, 7) is 4.92. The number of aryl methyl sites for hydroxylation is 2. The van der Waals surface area contributed by atoms with Crippen LogP contribution in [0.3, 0.4) is 0 Å². The second-order valence-electron chi connectivity index (χ2n) is 6.13. The van der Waals surface area contributed by atoms with Gasteiger partial charge < -0.3 is 4.52 Å². The molecule has 0 saturated carbocycles. The van der Waals surface area contributed by atoms with Gasteiger partial charge in [-0.1, -0.05) is 18.0 Å². The minimum absolute atomic E-state index is 0.388. The fraction of sp³-hybridized carbons (Fsp3) is 0.471. The van der Waals surface area contributed by atoms with Gasteiger partial charge in [-0.25, -0.2) is 8.42 Å². The zero-order valence-corrected chi connectivity index (χ0v) is 14.4. The van der Waals surface area contributed by atoms with Gasteiger partial charge in [0.25, 0.3) is 0 Å². The molecule has 1 aromatic carbocycles. The molecule has 1 aliphatic rings. The smallest absolute Gasteiger partial charge is 0.243 e. The first-order valence-corrected chi connectivity index (χ1v) is 9.47. The topological polar surface area (TPSA) is 63.4 Å². The van der Waals surface area contributed by atoms with Crippen LogP contribution in [-0.2, 0) is 10.0 Å². The molecule has 5 nitrogen and oxygen atoms in total. The van der Waals surface area contributed by atoms with Gasteiger partial charge in [0.2, 0.25) is 10.0 Å². The molecule has 0 N–H and O–H groups in total. The molecule has 23 heavy (non-hydrogen) atoms. The number of hydrogen-bond acceptors (Lipinski definition) is 4. The normalized spacial score (nSPS) is 17.1. The van der Waals surface area contributed by atoms with Crippen LogP contribution in [0, 0.1) is 13.8 Å². The fourth-order valence-electron chi connectivity index (χ4n) is 3.01. The Labute approximate surface area is 137 Å². The Balaban J connectivity index is 1.93. The summed E-state index contributed by atoms with van der Waals surface area (Å²) in [5, 5.41) is 3.88. The molecule has 6 heteroatoms. The first kappa shape index (κ1) is 16.2. The van der Waals surface area contributed by atoms with Crippen molar-refractivity contribution in [2.75, 3.05) is 13.1 Å². The third kappa shape index (κ3) is 3.33. The molecule has 3 rings (SSSR count). The van der Waals surface area contributed by atoms with Crippen LogP contribution >= 0.6 is 0 Å². The summed E-state index contributed by atoms with van der Waals surface area (Å²) in [5.74, 6) is 0.657. The quantitative estimate of drug-likeness (QED) is 0.861. The predicted octanol–water partition coefficient (Wildman–Crippen LogP) is 3.52. The van der Waals surface area contributed by atoms with Crippen LogP contribution in [-0.4, -0.2) is 31.0 Å². The van der Waals surface area contributed by atoms with Gasteiger partial charge in [-0.2, -0.15) is 4.31 Å². The van der Waals surface area contributed by atoms with Gasteiger partial charge in [0.05, 0.1) is 10.6 Å². The van der Waals surface area contributed by atoms with Crippen LogP contribution < -0.4 is 0 Å². The van der Waals surface area contributed by atoms with Gasteiger partial charge in [0.15, 0.2) is 5.76 Å². The Bertz CT molecular complexity index is 788. The molecule has 1 saturated heterocycles. The molecule has 0 amide bonds. The van der Waals surface area contributed by atoms with E-state index in [-0.39, 0.29) is 0 Å². The maximum Gasteiger partial charge on any atom is 0.243 e. The lowest BCUT2D eigenvalue weighted by Crippen LogP contribution is -2.32. The van der Waals surface area contributed by atoms with E-state index in [1.807, 2.05) is 26.0 Å². The van der Waals surface area contributed by atoms with Crippen LogP contribution in [0.4, 0.5) is 0 Å². The first-order valence-electron chi connectivity index (χ1n) is 8.03. The van der Waals surface area contributed by atoms with Gasteiger partial charge in [-0.05, 0) is 50.5 Å². The number of rotatable bonds is 3. The van der Waals surface area contributed by atoms with Gasteiger partial charge in [0.1, 0.15) is 0 Å². The fourth-order valence-corrected chi connectivity index (χ4v) is 4.74. The Kier molecular flexibility index (Phi) is 4.55. The van der Waals surface area contributed by atoms with Crippen molar-refractivity contribution in [2.45, 2.75) is 44.4 Å². The van der Waals surface area contributed by atoms with Crippen molar-refractivity contribution in [1.29, 1.82) is 0 Å². The summed E-state index contributed by atoms with van der Waals surface area (Å²) < 4.78 is 32.7. The summed E-state index contributed by atoms with van der Waals surface area (Å²) in [6, 6.07) is 7.17.